The summed E-state index contributed by atoms with van der Waals surface area (Å²) in [7, 11) is 1.60. The van der Waals surface area contributed by atoms with Gasteiger partial charge in [-0.1, -0.05) is 24.3 Å². The number of aromatic amines is 1. The van der Waals surface area contributed by atoms with Crippen molar-refractivity contribution in [3.05, 3.63) is 72.4 Å². The summed E-state index contributed by atoms with van der Waals surface area (Å²) >= 11 is 0. The van der Waals surface area contributed by atoms with Crippen LogP contribution in [0.5, 0.6) is 5.75 Å². The maximum atomic E-state index is 12.3. The molecule has 1 amide bonds. The number of hydrogen-bond acceptors (Lipinski definition) is 3. The smallest absolute Gasteiger partial charge is 0.325 e. The van der Waals surface area contributed by atoms with Gasteiger partial charge in [-0.25, -0.2) is 4.98 Å². The largest absolute Gasteiger partial charge is 0.495 e. The normalized spacial score (nSPS) is 13.6. The minimum atomic E-state index is -0.0280. The molecule has 30 heavy (non-hydrogen) atoms. The number of nitrogens with zero attached hydrogens (tertiary/aromatic N) is 1. The molecule has 2 aromatic carbocycles. The molecule has 4 rings (SSSR count). The number of pyridine rings is 1. The molecule has 0 radical (unpaired) electrons. The lowest BCUT2D eigenvalue weighted by Gasteiger charge is -2.07. The summed E-state index contributed by atoms with van der Waals surface area (Å²) in [6.45, 7) is 0. The molecule has 0 aliphatic heterocycles. The number of nitrogens with two attached hydrogens (primary N) is 1. The molecule has 1 heterocycles. The van der Waals surface area contributed by atoms with Crippen LogP contribution in [0.2, 0.25) is 0 Å². The number of anilines is 1. The average molecular weight is 402 g/mol. The maximum absolute atomic E-state index is 12.3. The van der Waals surface area contributed by atoms with E-state index in [-0.39, 0.29) is 11.9 Å². The summed E-state index contributed by atoms with van der Waals surface area (Å²) in [5.41, 5.74) is 9.32. The van der Waals surface area contributed by atoms with Crippen LogP contribution in [-0.4, -0.2) is 25.0 Å². The monoisotopic (exact) mass is 402 g/mol. The van der Waals surface area contributed by atoms with E-state index in [1.165, 1.54) is 0 Å². The number of amides is 1. The van der Waals surface area contributed by atoms with E-state index in [1.807, 2.05) is 66.9 Å². The lowest BCUT2D eigenvalue weighted by molar-refractivity contribution is -0.361. The van der Waals surface area contributed by atoms with Crippen LogP contribution in [0.1, 0.15) is 23.2 Å². The second kappa shape index (κ2) is 8.65. The quantitative estimate of drug-likeness (QED) is 0.435. The third-order valence-electron chi connectivity index (χ3n) is 4.78. The minimum Gasteiger partial charge on any atom is -0.495 e. The van der Waals surface area contributed by atoms with Gasteiger partial charge in [0, 0.05) is 23.2 Å². The van der Waals surface area contributed by atoms with Crippen molar-refractivity contribution in [3.63, 3.8) is 0 Å². The van der Waals surface area contributed by atoms with Gasteiger partial charge in [0.1, 0.15) is 5.75 Å². The van der Waals surface area contributed by atoms with Crippen molar-refractivity contribution in [1.29, 1.82) is 0 Å². The van der Waals surface area contributed by atoms with Crippen molar-refractivity contribution < 1.29 is 14.5 Å². The fourth-order valence-corrected chi connectivity index (χ4v) is 3.05. The number of rotatable bonds is 6. The molecular formula is C23H24N5O2+. The highest BCUT2D eigenvalue weighted by atomic mass is 16.5. The first kappa shape index (κ1) is 19.4. The summed E-state index contributed by atoms with van der Waals surface area (Å²) < 4.78 is 5.30. The second-order valence-corrected chi connectivity index (χ2v) is 7.11. The Morgan fingerprint density at radius 2 is 1.93 bits per heavy atom. The first-order valence-electron chi connectivity index (χ1n) is 9.79. The van der Waals surface area contributed by atoms with Gasteiger partial charge in [-0.05, 0) is 53.7 Å². The van der Waals surface area contributed by atoms with Crippen LogP contribution in [0, 0.1) is 0 Å². The number of aromatic nitrogens is 1. The van der Waals surface area contributed by atoms with Gasteiger partial charge >= 0.3 is 11.8 Å². The molecule has 1 aliphatic rings. The van der Waals surface area contributed by atoms with Gasteiger partial charge in [-0.3, -0.25) is 4.79 Å². The molecule has 1 fully saturated rings. The fourth-order valence-electron chi connectivity index (χ4n) is 3.05. The van der Waals surface area contributed by atoms with Gasteiger partial charge in [0.05, 0.1) is 19.0 Å². The molecule has 0 bridgehead atoms. The number of guanidine groups is 1. The Morgan fingerprint density at radius 3 is 2.67 bits per heavy atom. The predicted molar refractivity (Wildman–Crippen MR) is 117 cm³/mol. The van der Waals surface area contributed by atoms with E-state index < -0.39 is 0 Å². The average Bonchev–Trinajstić information content (AvgIpc) is 3.59. The zero-order valence-corrected chi connectivity index (χ0v) is 16.7. The molecule has 0 atom stereocenters. The number of para-hydroxylation sites is 2. The Labute approximate surface area is 175 Å². The molecule has 3 aromatic rings. The Hall–Kier alpha value is -3.87. The number of methoxy groups -OCH3 is 1. The molecule has 1 aliphatic carbocycles. The van der Waals surface area contributed by atoms with E-state index >= 15 is 0 Å². The highest BCUT2D eigenvalue weighted by Gasteiger charge is 2.23. The minimum absolute atomic E-state index is 0.0280. The molecule has 0 saturated heterocycles. The number of ether oxygens (including phenoxy) is 1. The number of aliphatic imine (C=N–C) groups is 1. The van der Waals surface area contributed by atoms with E-state index in [9.17, 15) is 4.79 Å². The molecular weight excluding hydrogens is 378 g/mol. The summed E-state index contributed by atoms with van der Waals surface area (Å²) in [6, 6.07) is 19.2. The zero-order chi connectivity index (χ0) is 20.9. The van der Waals surface area contributed by atoms with Crippen LogP contribution in [0.4, 0.5) is 11.5 Å². The second-order valence-electron chi connectivity index (χ2n) is 7.11. The maximum Gasteiger partial charge on any atom is 0.325 e. The molecule has 152 valence electrons. The SMILES string of the molecule is COc1ccccc1NC(N)=Nc1ccc(-c2cccc(C(=O)NC3CC3)c2)c[nH+]1. The molecule has 1 aromatic heterocycles. The van der Waals surface area contributed by atoms with Crippen LogP contribution in [0.25, 0.3) is 11.1 Å². The van der Waals surface area contributed by atoms with E-state index in [1.54, 1.807) is 7.11 Å². The molecule has 5 N–H and O–H groups in total. The van der Waals surface area contributed by atoms with E-state index in [2.05, 4.69) is 20.6 Å². The van der Waals surface area contributed by atoms with Crippen molar-refractivity contribution in [1.82, 2.24) is 5.32 Å². The summed E-state index contributed by atoms with van der Waals surface area (Å²) in [5.74, 6) is 1.49. The lowest BCUT2D eigenvalue weighted by Crippen LogP contribution is -2.25. The Kier molecular flexibility index (Phi) is 5.61. The van der Waals surface area contributed by atoms with Crippen LogP contribution < -0.4 is 26.1 Å². The topological polar surface area (TPSA) is 103 Å². The standard InChI is InChI=1S/C23H23N5O2/c1-30-20-8-3-2-7-19(20)27-23(24)28-21-12-9-17(14-25-21)15-5-4-6-16(13-15)22(29)26-18-10-11-18/h2-9,12-14,18H,10-11H2,1H3,(H,26,29)(H3,24,25,27,28)/p+1. The first-order valence-corrected chi connectivity index (χ1v) is 9.79. The van der Waals surface area contributed by atoms with Crippen LogP contribution in [0.3, 0.4) is 0 Å². The Morgan fingerprint density at radius 1 is 1.10 bits per heavy atom. The number of H-pyrrole nitrogens is 1. The third kappa shape index (κ3) is 4.75. The number of benzene rings is 2. The van der Waals surface area contributed by atoms with Crippen molar-refractivity contribution in [2.45, 2.75) is 18.9 Å². The van der Waals surface area contributed by atoms with Gasteiger partial charge in [-0.2, -0.15) is 0 Å². The van der Waals surface area contributed by atoms with Gasteiger partial charge in [0.15, 0.2) is 0 Å². The highest BCUT2D eigenvalue weighted by Crippen LogP contribution is 2.24. The highest BCUT2D eigenvalue weighted by molar-refractivity contribution is 5.96. The number of nitrogens with one attached hydrogen (secondary N) is 3. The molecule has 0 spiro atoms. The predicted octanol–water partition coefficient (Wildman–Crippen LogP) is 3.13. The van der Waals surface area contributed by atoms with Gasteiger partial charge in [0.2, 0.25) is 0 Å². The zero-order valence-electron chi connectivity index (χ0n) is 16.7. The van der Waals surface area contributed by atoms with Gasteiger partial charge in [-0.15, -0.1) is 0 Å². The lowest BCUT2D eigenvalue weighted by atomic mass is 10.0. The Bertz CT molecular complexity index is 1070. The molecule has 1 saturated carbocycles. The van der Waals surface area contributed by atoms with Crippen LogP contribution >= 0.6 is 0 Å². The summed E-state index contributed by atoms with van der Waals surface area (Å²) in [5, 5.41) is 6.05. The van der Waals surface area contributed by atoms with Crippen LogP contribution in [-0.2, 0) is 0 Å². The Balaban J connectivity index is 1.47. The fraction of sp³-hybridized carbons (Fsp3) is 0.174. The third-order valence-corrected chi connectivity index (χ3v) is 4.78. The van der Waals surface area contributed by atoms with Gasteiger partial charge < -0.3 is 21.1 Å². The van der Waals surface area contributed by atoms with Crippen LogP contribution in [0.15, 0.2) is 71.9 Å². The van der Waals surface area contributed by atoms with E-state index in [4.69, 9.17) is 10.5 Å². The van der Waals surface area contributed by atoms with E-state index in [0.717, 1.165) is 29.7 Å². The number of hydrogen-bond donors (Lipinski definition) is 3. The van der Waals surface area contributed by atoms with E-state index in [0.29, 0.717) is 23.2 Å². The summed E-state index contributed by atoms with van der Waals surface area (Å²) in [6.07, 6.45) is 3.97. The molecule has 0 unspecified atom stereocenters. The number of carbonyl (C=O) groups is 1. The summed E-state index contributed by atoms with van der Waals surface area (Å²) in [4.78, 5) is 19.8. The van der Waals surface area contributed by atoms with Crippen molar-refractivity contribution in [2.75, 3.05) is 12.4 Å². The number of carbonyl (C=O) groups excluding carboxylic acids is 1. The van der Waals surface area contributed by atoms with Crippen molar-refractivity contribution in [3.8, 4) is 16.9 Å². The van der Waals surface area contributed by atoms with Crippen molar-refractivity contribution in [2.24, 2.45) is 10.7 Å². The van der Waals surface area contributed by atoms with Crippen molar-refractivity contribution >= 4 is 23.4 Å². The van der Waals surface area contributed by atoms with Gasteiger partial charge in [0.25, 0.3) is 5.91 Å². The molecule has 7 heteroatoms. The molecule has 7 nitrogen and oxygen atoms in total. The first-order chi connectivity index (χ1) is 14.6.